The molecule has 29 heavy (non-hydrogen) atoms. The summed E-state index contributed by atoms with van der Waals surface area (Å²) in [7, 11) is 3.26. The molecule has 2 aromatic heterocycles. The second-order valence-electron chi connectivity index (χ2n) is 7.27. The van der Waals surface area contributed by atoms with Gasteiger partial charge < -0.3 is 19.9 Å². The van der Waals surface area contributed by atoms with Crippen LogP contribution < -0.4 is 5.32 Å². The van der Waals surface area contributed by atoms with Crippen LogP contribution in [0.4, 0.5) is 0 Å². The number of thiophene rings is 1. The zero-order chi connectivity index (χ0) is 20.5. The van der Waals surface area contributed by atoms with Gasteiger partial charge in [-0.05, 0) is 29.7 Å². The van der Waals surface area contributed by atoms with Crippen LogP contribution in [0.1, 0.15) is 22.9 Å². The molecule has 1 aromatic carbocycles. The Morgan fingerprint density at radius 3 is 2.90 bits per heavy atom. The molecule has 0 fully saturated rings. The summed E-state index contributed by atoms with van der Waals surface area (Å²) >= 11 is 7.47. The van der Waals surface area contributed by atoms with Crippen molar-refractivity contribution >= 4 is 45.0 Å². The number of likely N-dealkylation sites (N-methyl/N-ethyl adjacent to an activating group) is 1. The Kier molecular flexibility index (Phi) is 5.63. The summed E-state index contributed by atoms with van der Waals surface area (Å²) in [5.74, 6) is -0.199. The molecule has 0 saturated heterocycles. The van der Waals surface area contributed by atoms with Crippen LogP contribution in [0.2, 0.25) is 4.34 Å². The van der Waals surface area contributed by atoms with E-state index in [2.05, 4.69) is 10.3 Å². The summed E-state index contributed by atoms with van der Waals surface area (Å²) in [5.41, 5.74) is 3.06. The highest BCUT2D eigenvalue weighted by Gasteiger charge is 2.37. The van der Waals surface area contributed by atoms with Crippen molar-refractivity contribution in [2.24, 2.45) is 0 Å². The maximum atomic E-state index is 12.8. The van der Waals surface area contributed by atoms with Gasteiger partial charge in [0.15, 0.2) is 0 Å². The number of carbonyl (C=O) groups is 2. The maximum absolute atomic E-state index is 12.8. The van der Waals surface area contributed by atoms with E-state index in [1.807, 2.05) is 36.4 Å². The molecular formula is C21H22ClN3O3S. The molecule has 1 aliphatic rings. The number of methoxy groups -OCH3 is 1. The number of amides is 2. The Balaban J connectivity index is 1.50. The lowest BCUT2D eigenvalue weighted by Gasteiger charge is -2.31. The van der Waals surface area contributed by atoms with Gasteiger partial charge in [0.25, 0.3) is 0 Å². The van der Waals surface area contributed by atoms with Crippen LogP contribution in [0.3, 0.4) is 0 Å². The van der Waals surface area contributed by atoms with Crippen LogP contribution in [0.15, 0.2) is 36.4 Å². The summed E-state index contributed by atoms with van der Waals surface area (Å²) in [6, 6.07) is 11.4. The lowest BCUT2D eigenvalue weighted by atomic mass is 10.1. The molecule has 0 unspecified atom stereocenters. The highest BCUT2D eigenvalue weighted by Crippen LogP contribution is 2.35. The number of nitrogens with one attached hydrogen (secondary N) is 2. The predicted molar refractivity (Wildman–Crippen MR) is 114 cm³/mol. The van der Waals surface area contributed by atoms with Crippen LogP contribution in [-0.2, 0) is 27.2 Å². The van der Waals surface area contributed by atoms with Crippen molar-refractivity contribution in [2.75, 3.05) is 20.8 Å². The molecule has 152 valence electrons. The molecule has 0 radical (unpaired) electrons. The molecule has 0 saturated carbocycles. The average Bonchev–Trinajstić information content (AvgIpc) is 3.31. The monoisotopic (exact) mass is 431 g/mol. The third-order valence-electron chi connectivity index (χ3n) is 5.31. The number of fused-ring (bicyclic) bond motifs is 2. The summed E-state index contributed by atoms with van der Waals surface area (Å²) in [5, 5.41) is 4.15. The Morgan fingerprint density at radius 1 is 1.34 bits per heavy atom. The lowest BCUT2D eigenvalue weighted by Crippen LogP contribution is -2.46. The molecule has 0 spiro atoms. The van der Waals surface area contributed by atoms with E-state index in [4.69, 9.17) is 16.3 Å². The van der Waals surface area contributed by atoms with E-state index < -0.39 is 0 Å². The van der Waals surface area contributed by atoms with Gasteiger partial charge in [0.2, 0.25) is 11.8 Å². The van der Waals surface area contributed by atoms with Crippen molar-refractivity contribution in [3.63, 3.8) is 0 Å². The normalized spacial score (nSPS) is 18.0. The van der Waals surface area contributed by atoms with Gasteiger partial charge in [-0.3, -0.25) is 9.59 Å². The summed E-state index contributed by atoms with van der Waals surface area (Å²) in [4.78, 5) is 31.1. The molecule has 6 nitrogen and oxygen atoms in total. The standard InChI is InChI=1S/C21H22ClN3O3S/c1-25(19(27)11-28-2)20-15-6-4-3-5-12(15)8-16(20)24-18(26)10-14-7-13-9-17(22)29-21(13)23-14/h3-7,9,16,20,23H,8,10-11H2,1-2H3,(H,24,26)/t16-,20-/m1/s1. The Bertz CT molecular complexity index is 1030. The third kappa shape index (κ3) is 4.03. The van der Waals surface area contributed by atoms with E-state index in [1.54, 1.807) is 11.9 Å². The van der Waals surface area contributed by atoms with E-state index >= 15 is 0 Å². The fourth-order valence-electron chi connectivity index (χ4n) is 4.04. The van der Waals surface area contributed by atoms with Crippen LogP contribution in [0.5, 0.6) is 0 Å². The zero-order valence-corrected chi connectivity index (χ0v) is 17.8. The number of hydrogen-bond acceptors (Lipinski definition) is 4. The predicted octanol–water partition coefficient (Wildman–Crippen LogP) is 3.31. The Labute approximate surface area is 177 Å². The SMILES string of the molecule is COCC(=O)N(C)[C@@H]1c2ccccc2C[C@H]1NC(=O)Cc1cc2cc(Cl)sc2[nH]1. The summed E-state index contributed by atoms with van der Waals surface area (Å²) in [6.07, 6.45) is 0.931. The maximum Gasteiger partial charge on any atom is 0.248 e. The third-order valence-corrected chi connectivity index (χ3v) is 6.50. The molecule has 2 atom stereocenters. The number of nitrogens with zero attached hydrogens (tertiary/aromatic N) is 1. The van der Waals surface area contributed by atoms with E-state index in [0.717, 1.165) is 31.4 Å². The number of carbonyl (C=O) groups excluding carboxylic acids is 2. The number of halogens is 1. The smallest absolute Gasteiger partial charge is 0.248 e. The van der Waals surface area contributed by atoms with E-state index in [-0.39, 0.29) is 36.9 Å². The number of aromatic amines is 1. The van der Waals surface area contributed by atoms with Crippen molar-refractivity contribution in [2.45, 2.75) is 24.9 Å². The molecule has 0 bridgehead atoms. The van der Waals surface area contributed by atoms with Gasteiger partial charge in [-0.15, -0.1) is 11.3 Å². The van der Waals surface area contributed by atoms with Gasteiger partial charge in [0, 0.05) is 25.2 Å². The van der Waals surface area contributed by atoms with Crippen LogP contribution in [-0.4, -0.2) is 48.5 Å². The molecule has 2 heterocycles. The van der Waals surface area contributed by atoms with Gasteiger partial charge in [-0.1, -0.05) is 35.9 Å². The minimum absolute atomic E-state index is 0.0115. The van der Waals surface area contributed by atoms with Gasteiger partial charge in [-0.2, -0.15) is 0 Å². The zero-order valence-electron chi connectivity index (χ0n) is 16.2. The van der Waals surface area contributed by atoms with Crippen molar-refractivity contribution in [1.82, 2.24) is 15.2 Å². The highest BCUT2D eigenvalue weighted by atomic mass is 35.5. The Hall–Kier alpha value is -2.35. The van der Waals surface area contributed by atoms with Crippen LogP contribution >= 0.6 is 22.9 Å². The molecule has 4 rings (SSSR count). The van der Waals surface area contributed by atoms with Crippen LogP contribution in [0.25, 0.3) is 10.2 Å². The fourth-order valence-corrected chi connectivity index (χ4v) is 5.18. The van der Waals surface area contributed by atoms with Crippen molar-refractivity contribution < 1.29 is 14.3 Å². The largest absolute Gasteiger partial charge is 0.375 e. The number of rotatable bonds is 6. The molecule has 0 aliphatic heterocycles. The number of ether oxygens (including phenoxy) is 1. The molecule has 8 heteroatoms. The molecule has 3 aromatic rings. The van der Waals surface area contributed by atoms with Crippen molar-refractivity contribution in [1.29, 1.82) is 0 Å². The molecule has 1 aliphatic carbocycles. The van der Waals surface area contributed by atoms with Gasteiger partial charge in [0.1, 0.15) is 11.4 Å². The van der Waals surface area contributed by atoms with E-state index in [1.165, 1.54) is 18.4 Å². The van der Waals surface area contributed by atoms with Gasteiger partial charge in [0.05, 0.1) is 22.8 Å². The lowest BCUT2D eigenvalue weighted by molar-refractivity contribution is -0.137. The molecular weight excluding hydrogens is 410 g/mol. The first kappa shape index (κ1) is 19.9. The highest BCUT2D eigenvalue weighted by molar-refractivity contribution is 7.22. The number of H-pyrrole nitrogens is 1. The van der Waals surface area contributed by atoms with Crippen LogP contribution in [0, 0.1) is 0 Å². The average molecular weight is 432 g/mol. The number of hydrogen-bond donors (Lipinski definition) is 2. The first-order valence-electron chi connectivity index (χ1n) is 9.35. The fraction of sp³-hybridized carbons (Fsp3) is 0.333. The first-order chi connectivity index (χ1) is 14.0. The minimum atomic E-state index is -0.219. The number of benzene rings is 1. The van der Waals surface area contributed by atoms with E-state index in [9.17, 15) is 9.59 Å². The van der Waals surface area contributed by atoms with Gasteiger partial charge >= 0.3 is 0 Å². The van der Waals surface area contributed by atoms with E-state index in [0.29, 0.717) is 6.42 Å². The topological polar surface area (TPSA) is 74.4 Å². The quantitative estimate of drug-likeness (QED) is 0.628. The van der Waals surface area contributed by atoms with Crippen molar-refractivity contribution in [3.8, 4) is 0 Å². The second kappa shape index (κ2) is 8.18. The number of aromatic nitrogens is 1. The summed E-state index contributed by atoms with van der Waals surface area (Å²) in [6.45, 7) is 0.0115. The Morgan fingerprint density at radius 2 is 2.14 bits per heavy atom. The molecule has 2 amide bonds. The molecule has 2 N–H and O–H groups in total. The minimum Gasteiger partial charge on any atom is -0.375 e. The first-order valence-corrected chi connectivity index (χ1v) is 10.5. The second-order valence-corrected chi connectivity index (χ2v) is 8.95. The van der Waals surface area contributed by atoms with Crippen molar-refractivity contribution in [3.05, 3.63) is 57.6 Å². The summed E-state index contributed by atoms with van der Waals surface area (Å²) < 4.78 is 5.73. The van der Waals surface area contributed by atoms with Gasteiger partial charge in [-0.25, -0.2) is 0 Å².